The van der Waals surface area contributed by atoms with Crippen molar-refractivity contribution in [1.82, 2.24) is 0 Å². The highest BCUT2D eigenvalue weighted by molar-refractivity contribution is 9.13. The summed E-state index contributed by atoms with van der Waals surface area (Å²) in [7, 11) is 0. The van der Waals surface area contributed by atoms with Crippen molar-refractivity contribution >= 4 is 59.1 Å². The zero-order valence-electron chi connectivity index (χ0n) is 8.23. The van der Waals surface area contributed by atoms with Crippen LogP contribution in [-0.2, 0) is 4.74 Å². The summed E-state index contributed by atoms with van der Waals surface area (Å²) in [4.78, 5) is 1.30. The van der Waals surface area contributed by atoms with Gasteiger partial charge in [-0.05, 0) is 57.7 Å². The Balaban J connectivity index is 2.14. The van der Waals surface area contributed by atoms with E-state index in [1.165, 1.54) is 4.88 Å². The average molecular weight is 419 g/mol. The van der Waals surface area contributed by atoms with Crippen LogP contribution in [0, 0.1) is 0 Å². The summed E-state index contributed by atoms with van der Waals surface area (Å²) in [5.41, 5.74) is 0.00755. The third-order valence-electron chi connectivity index (χ3n) is 2.63. The standard InChI is InChI=1S/C10H11Br3OS/c1-10(5-11)3-2-7(14-10)8-4-6(12)9(13)15-8/h4,7H,2-3,5H2,1H3. The van der Waals surface area contributed by atoms with Gasteiger partial charge in [0.15, 0.2) is 0 Å². The van der Waals surface area contributed by atoms with Crippen molar-refractivity contribution in [2.45, 2.75) is 31.5 Å². The van der Waals surface area contributed by atoms with E-state index < -0.39 is 0 Å². The largest absolute Gasteiger partial charge is 0.366 e. The first kappa shape index (κ1) is 12.6. The van der Waals surface area contributed by atoms with Gasteiger partial charge in [-0.1, -0.05) is 15.9 Å². The van der Waals surface area contributed by atoms with Crippen molar-refractivity contribution in [3.63, 3.8) is 0 Å². The molecule has 2 rings (SSSR count). The van der Waals surface area contributed by atoms with Gasteiger partial charge in [0.05, 0.1) is 15.5 Å². The van der Waals surface area contributed by atoms with Gasteiger partial charge in [0.2, 0.25) is 0 Å². The maximum absolute atomic E-state index is 6.07. The predicted molar refractivity (Wildman–Crippen MR) is 75.0 cm³/mol. The lowest BCUT2D eigenvalue weighted by atomic mass is 10.1. The maximum Gasteiger partial charge on any atom is 0.0926 e. The molecular formula is C10H11Br3OS. The smallest absolute Gasteiger partial charge is 0.0926 e. The normalized spacial score (nSPS) is 31.1. The number of ether oxygens (including phenoxy) is 1. The van der Waals surface area contributed by atoms with Gasteiger partial charge in [-0.2, -0.15) is 0 Å². The van der Waals surface area contributed by atoms with E-state index in [2.05, 4.69) is 60.8 Å². The SMILES string of the molecule is CC1(CBr)CCC(c2cc(Br)c(Br)s2)O1. The Morgan fingerprint density at radius 1 is 1.60 bits per heavy atom. The second kappa shape index (κ2) is 4.77. The Bertz CT molecular complexity index is 346. The second-order valence-corrected chi connectivity index (χ2v) is 7.82. The molecule has 1 nitrogen and oxygen atoms in total. The van der Waals surface area contributed by atoms with Crippen LogP contribution >= 0.6 is 59.1 Å². The number of halogens is 3. The van der Waals surface area contributed by atoms with Crippen LogP contribution in [0.1, 0.15) is 30.7 Å². The molecule has 5 heteroatoms. The summed E-state index contributed by atoms with van der Waals surface area (Å²) >= 11 is 12.3. The molecule has 0 bridgehead atoms. The lowest BCUT2D eigenvalue weighted by Crippen LogP contribution is -2.24. The molecule has 15 heavy (non-hydrogen) atoms. The number of hydrogen-bond donors (Lipinski definition) is 0. The molecule has 0 aliphatic carbocycles. The molecule has 1 saturated heterocycles. The molecule has 1 aromatic heterocycles. The van der Waals surface area contributed by atoms with Gasteiger partial charge in [0.1, 0.15) is 0 Å². The van der Waals surface area contributed by atoms with E-state index in [0.29, 0.717) is 0 Å². The van der Waals surface area contributed by atoms with Crippen molar-refractivity contribution in [3.05, 3.63) is 19.2 Å². The molecule has 2 unspecified atom stereocenters. The van der Waals surface area contributed by atoms with Gasteiger partial charge in [-0.3, -0.25) is 0 Å². The number of alkyl halides is 1. The molecule has 1 aliphatic heterocycles. The molecule has 2 heterocycles. The van der Waals surface area contributed by atoms with E-state index in [1.807, 2.05) is 0 Å². The molecule has 2 atom stereocenters. The Kier molecular flexibility index (Phi) is 3.99. The van der Waals surface area contributed by atoms with Crippen LogP contribution in [0.3, 0.4) is 0 Å². The molecule has 84 valence electrons. The van der Waals surface area contributed by atoms with Crippen molar-refractivity contribution in [1.29, 1.82) is 0 Å². The topological polar surface area (TPSA) is 9.23 Å². The van der Waals surface area contributed by atoms with Crippen LogP contribution in [0.15, 0.2) is 14.3 Å². The predicted octanol–water partition coefficient (Wildman–Crippen LogP) is 5.28. The van der Waals surface area contributed by atoms with Gasteiger partial charge < -0.3 is 4.74 Å². The summed E-state index contributed by atoms with van der Waals surface area (Å²) in [5, 5.41) is 0.907. The fourth-order valence-electron chi connectivity index (χ4n) is 1.72. The Labute approximate surface area is 119 Å². The molecule has 0 amide bonds. The minimum absolute atomic E-state index is 0.00755. The third kappa shape index (κ3) is 2.68. The highest BCUT2D eigenvalue weighted by Crippen LogP contribution is 2.45. The molecule has 0 spiro atoms. The zero-order chi connectivity index (χ0) is 11.1. The minimum Gasteiger partial charge on any atom is -0.366 e. The first-order valence-electron chi connectivity index (χ1n) is 4.72. The van der Waals surface area contributed by atoms with E-state index in [9.17, 15) is 0 Å². The summed E-state index contributed by atoms with van der Waals surface area (Å²) in [6.07, 6.45) is 2.50. The quantitative estimate of drug-likeness (QED) is 0.594. The fourth-order valence-corrected chi connectivity index (χ4v) is 4.28. The van der Waals surface area contributed by atoms with Gasteiger partial charge in [0.25, 0.3) is 0 Å². The van der Waals surface area contributed by atoms with Crippen LogP contribution in [0.2, 0.25) is 0 Å². The lowest BCUT2D eigenvalue weighted by Gasteiger charge is -2.21. The van der Waals surface area contributed by atoms with Gasteiger partial charge >= 0.3 is 0 Å². The van der Waals surface area contributed by atoms with E-state index in [0.717, 1.165) is 26.4 Å². The van der Waals surface area contributed by atoms with Crippen molar-refractivity contribution in [2.75, 3.05) is 5.33 Å². The highest BCUT2D eigenvalue weighted by Gasteiger charge is 2.36. The number of rotatable bonds is 2. The Morgan fingerprint density at radius 2 is 2.33 bits per heavy atom. The van der Waals surface area contributed by atoms with Gasteiger partial charge in [-0.15, -0.1) is 11.3 Å². The molecule has 0 aromatic carbocycles. The second-order valence-electron chi connectivity index (χ2n) is 4.00. The summed E-state index contributed by atoms with van der Waals surface area (Å²) in [6.45, 7) is 2.17. The Morgan fingerprint density at radius 3 is 2.80 bits per heavy atom. The van der Waals surface area contributed by atoms with Crippen molar-refractivity contribution < 1.29 is 4.74 Å². The maximum atomic E-state index is 6.07. The average Bonchev–Trinajstić information content (AvgIpc) is 2.73. The van der Waals surface area contributed by atoms with Crippen LogP contribution in [0.5, 0.6) is 0 Å². The molecule has 0 radical (unpaired) electrons. The fraction of sp³-hybridized carbons (Fsp3) is 0.600. The van der Waals surface area contributed by atoms with Crippen molar-refractivity contribution in [3.8, 4) is 0 Å². The number of hydrogen-bond acceptors (Lipinski definition) is 2. The molecule has 1 fully saturated rings. The molecule has 0 saturated carbocycles. The summed E-state index contributed by atoms with van der Waals surface area (Å²) < 4.78 is 8.34. The molecule has 0 N–H and O–H groups in total. The highest BCUT2D eigenvalue weighted by atomic mass is 79.9. The van der Waals surface area contributed by atoms with E-state index in [4.69, 9.17) is 4.74 Å². The van der Waals surface area contributed by atoms with Gasteiger partial charge in [0, 0.05) is 14.7 Å². The van der Waals surface area contributed by atoms with Crippen LogP contribution < -0.4 is 0 Å². The molecular weight excluding hydrogens is 408 g/mol. The van der Waals surface area contributed by atoms with Gasteiger partial charge in [-0.25, -0.2) is 0 Å². The van der Waals surface area contributed by atoms with E-state index in [-0.39, 0.29) is 11.7 Å². The van der Waals surface area contributed by atoms with Crippen LogP contribution in [0.25, 0.3) is 0 Å². The Hall–Kier alpha value is 1.10. The number of thiophene rings is 1. The van der Waals surface area contributed by atoms with Crippen molar-refractivity contribution in [2.24, 2.45) is 0 Å². The molecule has 1 aromatic rings. The van der Waals surface area contributed by atoms with Crippen LogP contribution in [-0.4, -0.2) is 10.9 Å². The van der Waals surface area contributed by atoms with E-state index in [1.54, 1.807) is 11.3 Å². The lowest BCUT2D eigenvalue weighted by molar-refractivity contribution is -0.0105. The molecule has 1 aliphatic rings. The first-order valence-corrected chi connectivity index (χ1v) is 8.25. The summed E-state index contributed by atoms with van der Waals surface area (Å²) in [5.74, 6) is 0. The third-order valence-corrected chi connectivity index (χ3v) is 7.16. The zero-order valence-corrected chi connectivity index (χ0v) is 13.8. The first-order chi connectivity index (χ1) is 7.04. The van der Waals surface area contributed by atoms with E-state index >= 15 is 0 Å². The monoisotopic (exact) mass is 416 g/mol. The van der Waals surface area contributed by atoms with Crippen LogP contribution in [0.4, 0.5) is 0 Å². The minimum atomic E-state index is 0.00755. The summed E-state index contributed by atoms with van der Waals surface area (Å²) in [6, 6.07) is 2.15.